The highest BCUT2D eigenvalue weighted by atomic mass is 19.4. The molecule has 2 heterocycles. The average molecular weight is 649 g/mol. The molecule has 15 heteroatoms. The molecule has 3 aromatic rings. The maximum absolute atomic E-state index is 16.3. The number of allylic oxidation sites excluding steroid dienone is 2. The van der Waals surface area contributed by atoms with E-state index in [1.807, 2.05) is 7.05 Å². The number of benzene rings is 1. The van der Waals surface area contributed by atoms with Gasteiger partial charge in [0.05, 0.1) is 35.3 Å². The predicted molar refractivity (Wildman–Crippen MR) is 168 cm³/mol. The molecule has 1 atom stereocenters. The quantitative estimate of drug-likeness (QED) is 0.0425. The van der Waals surface area contributed by atoms with Crippen molar-refractivity contribution in [2.24, 2.45) is 4.99 Å². The SMILES string of the molecule is C=CN=C(/C=C\C)n1ccc(CNc2c(F)c(-c3cc(N)c(F)c(C)c3C(F)(F)F)nc(OC(C)CCNCCNC)c2C=O)n1. The van der Waals surface area contributed by atoms with Crippen LogP contribution in [0.5, 0.6) is 5.88 Å². The van der Waals surface area contributed by atoms with Crippen LogP contribution in [-0.4, -0.2) is 59.7 Å². The largest absolute Gasteiger partial charge is 0.474 e. The van der Waals surface area contributed by atoms with Gasteiger partial charge in [-0.2, -0.15) is 18.3 Å². The minimum atomic E-state index is -5.10. The zero-order valence-electron chi connectivity index (χ0n) is 25.9. The molecule has 3 rings (SSSR count). The first kappa shape index (κ1) is 35.8. The highest BCUT2D eigenvalue weighted by molar-refractivity contribution is 5.94. The number of aliphatic imine (C=N–C) groups is 1. The van der Waals surface area contributed by atoms with Gasteiger partial charge in [0.15, 0.2) is 17.9 Å². The lowest BCUT2D eigenvalue weighted by molar-refractivity contribution is -0.137. The Bertz CT molecular complexity index is 1600. The number of nitrogen functional groups attached to an aromatic ring is 1. The Kier molecular flexibility index (Phi) is 12.5. The van der Waals surface area contributed by atoms with Gasteiger partial charge >= 0.3 is 6.18 Å². The Morgan fingerprint density at radius 2 is 1.98 bits per heavy atom. The second kappa shape index (κ2) is 16.1. The summed E-state index contributed by atoms with van der Waals surface area (Å²) >= 11 is 0. The zero-order chi connectivity index (χ0) is 34.0. The highest BCUT2D eigenvalue weighted by Gasteiger charge is 2.39. The lowest BCUT2D eigenvalue weighted by Gasteiger charge is -2.22. The molecule has 46 heavy (non-hydrogen) atoms. The topological polar surface area (TPSA) is 131 Å². The van der Waals surface area contributed by atoms with Crippen LogP contribution < -0.4 is 26.4 Å². The Morgan fingerprint density at radius 3 is 2.61 bits per heavy atom. The van der Waals surface area contributed by atoms with E-state index in [2.05, 4.69) is 37.6 Å². The Labute approximate surface area is 263 Å². The molecular weight excluding hydrogens is 611 g/mol. The van der Waals surface area contributed by atoms with E-state index in [4.69, 9.17) is 10.5 Å². The second-order valence-corrected chi connectivity index (χ2v) is 10.2. The van der Waals surface area contributed by atoms with Crippen LogP contribution in [0.25, 0.3) is 11.3 Å². The van der Waals surface area contributed by atoms with E-state index in [0.29, 0.717) is 43.4 Å². The number of hydrogen-bond donors (Lipinski definition) is 4. The van der Waals surface area contributed by atoms with Gasteiger partial charge in [-0.3, -0.25) is 4.79 Å². The minimum absolute atomic E-state index is 0.160. The highest BCUT2D eigenvalue weighted by Crippen LogP contribution is 2.44. The number of carbonyl (C=O) groups is 1. The number of halogens is 5. The molecule has 0 aliphatic carbocycles. The molecule has 0 radical (unpaired) electrons. The average Bonchev–Trinajstić information content (AvgIpc) is 3.47. The van der Waals surface area contributed by atoms with E-state index >= 15 is 4.39 Å². The Balaban J connectivity index is 2.14. The maximum atomic E-state index is 16.3. The molecule has 1 unspecified atom stereocenters. The molecule has 0 saturated carbocycles. The van der Waals surface area contributed by atoms with Crippen molar-refractivity contribution in [3.05, 3.63) is 77.3 Å². The van der Waals surface area contributed by atoms with Crippen molar-refractivity contribution in [1.82, 2.24) is 25.4 Å². The number of nitrogens with one attached hydrogen (secondary N) is 3. The molecule has 0 fully saturated rings. The fourth-order valence-corrected chi connectivity index (χ4v) is 4.55. The monoisotopic (exact) mass is 648 g/mol. The van der Waals surface area contributed by atoms with E-state index in [1.54, 1.807) is 38.3 Å². The molecule has 248 valence electrons. The van der Waals surface area contributed by atoms with E-state index in [0.717, 1.165) is 13.5 Å². The molecule has 0 spiro atoms. The van der Waals surface area contributed by atoms with Gasteiger partial charge in [-0.25, -0.2) is 23.4 Å². The van der Waals surface area contributed by atoms with E-state index in [-0.39, 0.29) is 12.1 Å². The van der Waals surface area contributed by atoms with Crippen LogP contribution in [0.1, 0.15) is 47.4 Å². The summed E-state index contributed by atoms with van der Waals surface area (Å²) in [6, 6.07) is 2.27. The van der Waals surface area contributed by atoms with E-state index < -0.39 is 63.6 Å². The van der Waals surface area contributed by atoms with Gasteiger partial charge in [0.1, 0.15) is 17.1 Å². The van der Waals surface area contributed by atoms with Crippen LogP contribution in [0.3, 0.4) is 0 Å². The number of anilines is 2. The minimum Gasteiger partial charge on any atom is -0.474 e. The van der Waals surface area contributed by atoms with Crippen LogP contribution in [0.15, 0.2) is 48.3 Å². The maximum Gasteiger partial charge on any atom is 0.417 e. The lowest BCUT2D eigenvalue weighted by atomic mass is 9.95. The molecule has 0 aliphatic heterocycles. The summed E-state index contributed by atoms with van der Waals surface area (Å²) in [5.74, 6) is -2.56. The second-order valence-electron chi connectivity index (χ2n) is 10.2. The molecule has 0 amide bonds. The zero-order valence-corrected chi connectivity index (χ0v) is 25.9. The normalized spacial score (nSPS) is 12.8. The number of rotatable bonds is 15. The third-order valence-electron chi connectivity index (χ3n) is 6.78. The number of aromatic nitrogens is 3. The van der Waals surface area contributed by atoms with Crippen LogP contribution in [0, 0.1) is 18.6 Å². The summed E-state index contributed by atoms with van der Waals surface area (Å²) in [5, 5.41) is 13.3. The van der Waals surface area contributed by atoms with Crippen molar-refractivity contribution in [3.8, 4) is 17.1 Å². The third-order valence-corrected chi connectivity index (χ3v) is 6.78. The number of alkyl halides is 3. The number of nitrogens with zero attached hydrogens (tertiary/aromatic N) is 4. The predicted octanol–water partition coefficient (Wildman–Crippen LogP) is 5.49. The van der Waals surface area contributed by atoms with Crippen molar-refractivity contribution in [2.45, 2.75) is 46.0 Å². The summed E-state index contributed by atoms with van der Waals surface area (Å²) < 4.78 is 81.0. The van der Waals surface area contributed by atoms with Gasteiger partial charge in [-0.15, -0.1) is 0 Å². The van der Waals surface area contributed by atoms with Crippen LogP contribution in [0.4, 0.5) is 33.3 Å². The molecule has 1 aromatic carbocycles. The number of pyridine rings is 1. The van der Waals surface area contributed by atoms with Crippen molar-refractivity contribution >= 4 is 23.5 Å². The van der Waals surface area contributed by atoms with Crippen molar-refractivity contribution < 1.29 is 31.5 Å². The lowest BCUT2D eigenvalue weighted by Crippen LogP contribution is -2.28. The van der Waals surface area contributed by atoms with Gasteiger partial charge in [-0.1, -0.05) is 12.7 Å². The Morgan fingerprint density at radius 1 is 1.24 bits per heavy atom. The van der Waals surface area contributed by atoms with Gasteiger partial charge < -0.3 is 26.4 Å². The standard InChI is InChI=1S/C31H37F5N8O2/c1-6-8-24(40-7-2)44-14-10-20(43-44)16-41-28-22(17-45)30(46-18(3)9-11-39-13-12-38-5)42-29(27(28)33)21-15-23(37)26(32)19(4)25(21)31(34,35)36/h6-8,10,14-15,17-18,38-39H,2,9,11-13,16,37H2,1,3-5H3,(H,41,42)/b8-6-,40-24?. The molecule has 10 nitrogen and oxygen atoms in total. The van der Waals surface area contributed by atoms with Gasteiger partial charge in [0, 0.05) is 31.0 Å². The van der Waals surface area contributed by atoms with Crippen molar-refractivity contribution in [1.29, 1.82) is 0 Å². The van der Waals surface area contributed by atoms with Crippen molar-refractivity contribution in [2.75, 3.05) is 37.7 Å². The van der Waals surface area contributed by atoms with Crippen molar-refractivity contribution in [3.63, 3.8) is 0 Å². The van der Waals surface area contributed by atoms with Crippen LogP contribution in [0.2, 0.25) is 0 Å². The molecule has 2 aromatic heterocycles. The molecule has 0 bridgehead atoms. The molecule has 5 N–H and O–H groups in total. The molecular formula is C31H37F5N8O2. The number of likely N-dealkylation sites (N-methyl/N-ethyl adjacent to an activating group) is 1. The van der Waals surface area contributed by atoms with E-state index in [9.17, 15) is 22.4 Å². The first-order valence-electron chi connectivity index (χ1n) is 14.3. The third kappa shape index (κ3) is 8.54. The molecule has 0 aliphatic rings. The number of hydrogen-bond acceptors (Lipinski definition) is 9. The summed E-state index contributed by atoms with van der Waals surface area (Å²) in [7, 11) is 1.81. The van der Waals surface area contributed by atoms with Crippen LogP contribution >= 0.6 is 0 Å². The number of nitrogens with two attached hydrogens (primary N) is 1. The van der Waals surface area contributed by atoms with Crippen LogP contribution in [-0.2, 0) is 12.7 Å². The van der Waals surface area contributed by atoms with Gasteiger partial charge in [0.2, 0.25) is 5.88 Å². The summed E-state index contributed by atoms with van der Waals surface area (Å²) in [5.41, 5.74) is 0.655. The molecule has 0 saturated heterocycles. The van der Waals surface area contributed by atoms with Gasteiger partial charge in [0.25, 0.3) is 0 Å². The summed E-state index contributed by atoms with van der Waals surface area (Å²) in [6.45, 7) is 9.68. The first-order valence-corrected chi connectivity index (χ1v) is 14.3. The first-order chi connectivity index (χ1) is 21.9. The van der Waals surface area contributed by atoms with Gasteiger partial charge in [-0.05, 0) is 64.6 Å². The number of ether oxygens (including phenoxy) is 1. The summed E-state index contributed by atoms with van der Waals surface area (Å²) in [4.78, 5) is 20.5. The fraction of sp³-hybridized carbons (Fsp3) is 0.355. The Hall–Kier alpha value is -4.63. The number of carbonyl (C=O) groups excluding carboxylic acids is 1. The number of aldehydes is 1. The fourth-order valence-electron chi connectivity index (χ4n) is 4.55. The smallest absolute Gasteiger partial charge is 0.417 e. The summed E-state index contributed by atoms with van der Waals surface area (Å²) in [6.07, 6.45) is 1.38. The van der Waals surface area contributed by atoms with E-state index in [1.165, 1.54) is 10.9 Å².